The van der Waals surface area contributed by atoms with E-state index in [4.69, 9.17) is 0 Å². The van der Waals surface area contributed by atoms with Crippen LogP contribution >= 0.6 is 0 Å². The monoisotopic (exact) mass is 349 g/mol. The molecule has 0 bridgehead atoms. The number of aliphatic hydroxyl groups is 1. The van der Waals surface area contributed by atoms with Gasteiger partial charge in [-0.25, -0.2) is 4.79 Å². The molecule has 0 spiro atoms. The summed E-state index contributed by atoms with van der Waals surface area (Å²) in [4.78, 5) is 36.5. The Labute approximate surface area is 146 Å². The highest BCUT2D eigenvalue weighted by atomic mass is 16.6. The zero-order chi connectivity index (χ0) is 18.9. The van der Waals surface area contributed by atoms with Crippen molar-refractivity contribution in [1.82, 2.24) is 10.2 Å². The van der Waals surface area contributed by atoms with E-state index in [1.165, 1.54) is 24.3 Å². The number of carbonyl (C=O) groups is 2. The van der Waals surface area contributed by atoms with Gasteiger partial charge in [-0.15, -0.1) is 0 Å². The molecular weight excluding hydrogens is 326 g/mol. The first-order chi connectivity index (χ1) is 11.6. The van der Waals surface area contributed by atoms with E-state index in [9.17, 15) is 24.8 Å². The molecule has 1 saturated heterocycles. The number of nitro benzene ring substituents is 1. The molecule has 1 atom stereocenters. The van der Waals surface area contributed by atoms with Gasteiger partial charge in [0, 0.05) is 12.1 Å². The van der Waals surface area contributed by atoms with Crippen LogP contribution in [0.25, 0.3) is 0 Å². The van der Waals surface area contributed by atoms with Gasteiger partial charge in [-0.3, -0.25) is 19.8 Å². The van der Waals surface area contributed by atoms with Crippen molar-refractivity contribution in [3.05, 3.63) is 39.9 Å². The number of non-ortho nitro benzene ring substituents is 1. The summed E-state index contributed by atoms with van der Waals surface area (Å²) in [6.45, 7) is 7.18. The minimum atomic E-state index is -1.20. The molecule has 1 fully saturated rings. The summed E-state index contributed by atoms with van der Waals surface area (Å²) >= 11 is 0. The minimum Gasteiger partial charge on any atom is -0.387 e. The highest BCUT2D eigenvalue weighted by molar-refractivity contribution is 6.07. The Morgan fingerprint density at radius 3 is 2.32 bits per heavy atom. The number of carbonyl (C=O) groups excluding carboxylic acids is 2. The SMILES string of the molecule is CC(C)C1(C(C)C)NC(=O)N(CC(O)c2cccc([N+](=O)[O-])c2)C1=O. The van der Waals surface area contributed by atoms with E-state index in [0.29, 0.717) is 0 Å². The number of nitro groups is 1. The first-order valence-corrected chi connectivity index (χ1v) is 8.17. The molecule has 136 valence electrons. The number of benzene rings is 1. The van der Waals surface area contributed by atoms with Crippen molar-refractivity contribution in [1.29, 1.82) is 0 Å². The van der Waals surface area contributed by atoms with Crippen LogP contribution in [0.5, 0.6) is 0 Å². The second-order valence-electron chi connectivity index (χ2n) is 6.89. The van der Waals surface area contributed by atoms with Crippen LogP contribution < -0.4 is 5.32 Å². The highest BCUT2D eigenvalue weighted by Gasteiger charge is 2.55. The zero-order valence-electron chi connectivity index (χ0n) is 14.7. The maximum Gasteiger partial charge on any atom is 0.325 e. The van der Waals surface area contributed by atoms with Crippen LogP contribution in [-0.2, 0) is 4.79 Å². The third kappa shape index (κ3) is 3.21. The number of β-amino-alcohol motifs (C(OH)–C–C–N with tert-alkyl or cyclic N) is 1. The molecule has 1 heterocycles. The fraction of sp³-hybridized carbons (Fsp3) is 0.529. The number of urea groups is 1. The molecule has 3 amide bonds. The van der Waals surface area contributed by atoms with Crippen LogP contribution in [0.3, 0.4) is 0 Å². The van der Waals surface area contributed by atoms with Crippen molar-refractivity contribution < 1.29 is 19.6 Å². The van der Waals surface area contributed by atoms with Crippen molar-refractivity contribution in [2.75, 3.05) is 6.54 Å². The Morgan fingerprint density at radius 2 is 1.84 bits per heavy atom. The summed E-state index contributed by atoms with van der Waals surface area (Å²) in [5.74, 6) is -0.625. The van der Waals surface area contributed by atoms with Crippen molar-refractivity contribution in [2.24, 2.45) is 11.8 Å². The van der Waals surface area contributed by atoms with Crippen molar-refractivity contribution in [3.8, 4) is 0 Å². The van der Waals surface area contributed by atoms with E-state index in [2.05, 4.69) is 5.32 Å². The van der Waals surface area contributed by atoms with Gasteiger partial charge in [0.2, 0.25) is 0 Å². The number of amides is 3. The first kappa shape index (κ1) is 18.9. The van der Waals surface area contributed by atoms with Gasteiger partial charge in [0.1, 0.15) is 5.54 Å². The molecule has 8 heteroatoms. The molecule has 1 aliphatic rings. The Hall–Kier alpha value is -2.48. The Morgan fingerprint density at radius 1 is 1.24 bits per heavy atom. The van der Waals surface area contributed by atoms with Crippen molar-refractivity contribution in [3.63, 3.8) is 0 Å². The normalized spacial score (nSPS) is 18.0. The number of rotatable bonds is 6. The number of nitrogens with one attached hydrogen (secondary N) is 1. The molecule has 2 rings (SSSR count). The van der Waals surface area contributed by atoms with Gasteiger partial charge in [0.15, 0.2) is 0 Å². The average Bonchev–Trinajstić information content (AvgIpc) is 2.80. The highest BCUT2D eigenvalue weighted by Crippen LogP contribution is 2.34. The summed E-state index contributed by atoms with van der Waals surface area (Å²) in [7, 11) is 0. The van der Waals surface area contributed by atoms with E-state index in [1.54, 1.807) is 0 Å². The lowest BCUT2D eigenvalue weighted by atomic mass is 9.77. The van der Waals surface area contributed by atoms with Gasteiger partial charge in [-0.2, -0.15) is 0 Å². The Kier molecular flexibility index (Phi) is 5.12. The molecule has 1 aromatic rings. The quantitative estimate of drug-likeness (QED) is 0.464. The molecule has 25 heavy (non-hydrogen) atoms. The van der Waals surface area contributed by atoms with Crippen LogP contribution in [0, 0.1) is 22.0 Å². The lowest BCUT2D eigenvalue weighted by molar-refractivity contribution is -0.385. The predicted octanol–water partition coefficient (Wildman–Crippen LogP) is 2.23. The standard InChI is InChI=1S/C17H23N3O5/c1-10(2)17(11(3)4)15(22)19(16(23)18-17)9-14(21)12-6-5-7-13(8-12)20(24)25/h5-8,10-11,14,21H,9H2,1-4H3,(H,18,23). The number of hydrogen-bond donors (Lipinski definition) is 2. The van der Waals surface area contributed by atoms with Crippen molar-refractivity contribution in [2.45, 2.75) is 39.3 Å². The Balaban J connectivity index is 2.25. The summed E-state index contributed by atoms with van der Waals surface area (Å²) in [6, 6.07) is 4.97. The third-order valence-electron chi connectivity index (χ3n) is 4.80. The van der Waals surface area contributed by atoms with Crippen LogP contribution in [0.2, 0.25) is 0 Å². The van der Waals surface area contributed by atoms with Crippen LogP contribution in [0.15, 0.2) is 24.3 Å². The summed E-state index contributed by atoms with van der Waals surface area (Å²) in [5, 5.41) is 24.0. The molecule has 1 unspecified atom stereocenters. The maximum absolute atomic E-state index is 12.9. The molecular formula is C17H23N3O5. The molecule has 1 aliphatic heterocycles. The minimum absolute atomic E-state index is 0.121. The largest absolute Gasteiger partial charge is 0.387 e. The first-order valence-electron chi connectivity index (χ1n) is 8.17. The van der Waals surface area contributed by atoms with E-state index in [0.717, 1.165) is 4.90 Å². The topological polar surface area (TPSA) is 113 Å². The molecule has 8 nitrogen and oxygen atoms in total. The smallest absolute Gasteiger partial charge is 0.325 e. The molecule has 2 N–H and O–H groups in total. The van der Waals surface area contributed by atoms with Gasteiger partial charge in [0.05, 0.1) is 17.6 Å². The number of aliphatic hydroxyl groups excluding tert-OH is 1. The molecule has 0 aromatic heterocycles. The average molecular weight is 349 g/mol. The molecule has 0 aliphatic carbocycles. The van der Waals surface area contributed by atoms with Crippen molar-refractivity contribution >= 4 is 17.6 Å². The molecule has 0 saturated carbocycles. The zero-order valence-corrected chi connectivity index (χ0v) is 14.7. The predicted molar refractivity (Wildman–Crippen MR) is 90.7 cm³/mol. The van der Waals surface area contributed by atoms with E-state index in [-0.39, 0.29) is 35.5 Å². The number of hydrogen-bond acceptors (Lipinski definition) is 5. The maximum atomic E-state index is 12.9. The second kappa shape index (κ2) is 6.79. The fourth-order valence-electron chi connectivity index (χ4n) is 3.35. The summed E-state index contributed by atoms with van der Waals surface area (Å²) in [5.41, 5.74) is -0.895. The lowest BCUT2D eigenvalue weighted by Crippen LogP contribution is -2.55. The third-order valence-corrected chi connectivity index (χ3v) is 4.80. The summed E-state index contributed by atoms with van der Waals surface area (Å²) in [6.07, 6.45) is -1.20. The van der Waals surface area contributed by atoms with Crippen LogP contribution in [0.1, 0.15) is 39.4 Å². The second-order valence-corrected chi connectivity index (χ2v) is 6.89. The lowest BCUT2D eigenvalue weighted by Gasteiger charge is -2.34. The van der Waals surface area contributed by atoms with Gasteiger partial charge >= 0.3 is 6.03 Å². The number of nitrogens with zero attached hydrogens (tertiary/aromatic N) is 2. The summed E-state index contributed by atoms with van der Waals surface area (Å²) < 4.78 is 0. The van der Waals surface area contributed by atoms with Crippen LogP contribution in [0.4, 0.5) is 10.5 Å². The van der Waals surface area contributed by atoms with E-state index >= 15 is 0 Å². The van der Waals surface area contributed by atoms with E-state index in [1.807, 2.05) is 27.7 Å². The van der Waals surface area contributed by atoms with Gasteiger partial charge in [0.25, 0.3) is 11.6 Å². The molecule has 1 aromatic carbocycles. The van der Waals surface area contributed by atoms with Gasteiger partial charge < -0.3 is 10.4 Å². The number of imide groups is 1. The van der Waals surface area contributed by atoms with Crippen LogP contribution in [-0.4, -0.2) is 39.0 Å². The molecule has 0 radical (unpaired) electrons. The van der Waals surface area contributed by atoms with E-state index < -0.39 is 22.6 Å². The Bertz CT molecular complexity index is 693. The van der Waals surface area contributed by atoms with Gasteiger partial charge in [-0.05, 0) is 17.4 Å². The van der Waals surface area contributed by atoms with Gasteiger partial charge in [-0.1, -0.05) is 39.8 Å². The fourth-order valence-corrected chi connectivity index (χ4v) is 3.35.